The van der Waals surface area contributed by atoms with E-state index in [1.165, 1.54) is 0 Å². The zero-order chi connectivity index (χ0) is 16.2. The molecular formula is C14H24O4SSi2. The fraction of sp³-hybridized carbons (Fsp3) is 0.571. The number of sulfone groups is 1. The van der Waals surface area contributed by atoms with E-state index >= 15 is 0 Å². The van der Waals surface area contributed by atoms with Crippen molar-refractivity contribution in [1.82, 2.24) is 0 Å². The van der Waals surface area contributed by atoms with Crippen LogP contribution >= 0.6 is 0 Å². The zero-order valence-corrected chi connectivity index (χ0v) is 16.6. The van der Waals surface area contributed by atoms with Crippen molar-refractivity contribution in [1.29, 1.82) is 0 Å². The average Bonchev–Trinajstić information content (AvgIpc) is 2.61. The van der Waals surface area contributed by atoms with Crippen LogP contribution in [-0.4, -0.2) is 37.6 Å². The van der Waals surface area contributed by atoms with Crippen LogP contribution in [0.1, 0.15) is 0 Å². The number of hydrogen-bond donors (Lipinski definition) is 0. The first-order valence-electron chi connectivity index (χ1n) is 7.01. The molecule has 2 rings (SSSR count). The minimum atomic E-state index is -3.38. The van der Waals surface area contributed by atoms with E-state index in [-0.39, 0.29) is 5.94 Å². The lowest BCUT2D eigenvalue weighted by molar-refractivity contribution is 0.390. The Hall–Kier alpha value is -0.796. The van der Waals surface area contributed by atoms with Gasteiger partial charge < -0.3 is 9.47 Å². The van der Waals surface area contributed by atoms with Crippen LogP contribution in [0.4, 0.5) is 0 Å². The first-order chi connectivity index (χ1) is 9.39. The summed E-state index contributed by atoms with van der Waals surface area (Å²) in [7, 11) is -5.40. The molecule has 1 aromatic carbocycles. The minimum Gasteiger partial charge on any atom is -0.497 e. The molecule has 0 saturated heterocycles. The topological polar surface area (TPSA) is 52.6 Å². The Balaban J connectivity index is 2.97. The number of methoxy groups -OCH3 is 1. The molecule has 0 amide bonds. The summed E-state index contributed by atoms with van der Waals surface area (Å²) in [5, 5.41) is 1.89. The van der Waals surface area contributed by atoms with Gasteiger partial charge in [-0.25, -0.2) is 8.42 Å². The highest BCUT2D eigenvalue weighted by molar-refractivity contribution is 7.92. The van der Waals surface area contributed by atoms with Gasteiger partial charge in [-0.05, 0) is 11.3 Å². The molecule has 0 radical (unpaired) electrons. The van der Waals surface area contributed by atoms with Gasteiger partial charge in [-0.1, -0.05) is 39.3 Å². The number of benzene rings is 1. The highest BCUT2D eigenvalue weighted by Gasteiger charge is 2.41. The lowest BCUT2D eigenvalue weighted by atomic mass is 10.3. The van der Waals surface area contributed by atoms with Gasteiger partial charge >= 0.3 is 0 Å². The summed E-state index contributed by atoms with van der Waals surface area (Å²) in [5.74, 6) is 1.05. The van der Waals surface area contributed by atoms with E-state index in [1.807, 2.05) is 6.07 Å². The molecule has 0 spiro atoms. The van der Waals surface area contributed by atoms with Crippen LogP contribution in [0.2, 0.25) is 39.3 Å². The van der Waals surface area contributed by atoms with Gasteiger partial charge in [0.25, 0.3) is 0 Å². The van der Waals surface area contributed by atoms with Crippen LogP contribution in [0, 0.1) is 0 Å². The standard InChI is InChI=1S/C14H24O4SSi2/c1-17-10-8-11(20(2,3)4)12-13(14(10)21(5,6)7)19(15,16)9-18-12/h8H,9H2,1-7H3. The Morgan fingerprint density at radius 1 is 1.10 bits per heavy atom. The Bertz CT molecular complexity index is 682. The van der Waals surface area contributed by atoms with Crippen molar-refractivity contribution in [2.45, 2.75) is 44.2 Å². The molecule has 21 heavy (non-hydrogen) atoms. The average molecular weight is 345 g/mol. The second kappa shape index (κ2) is 4.86. The molecule has 1 aromatic rings. The van der Waals surface area contributed by atoms with E-state index in [2.05, 4.69) is 39.3 Å². The second-order valence-electron chi connectivity index (χ2n) is 7.54. The Labute approximate surface area is 129 Å². The monoisotopic (exact) mass is 344 g/mol. The molecule has 0 N–H and O–H groups in total. The molecule has 7 heteroatoms. The maximum Gasteiger partial charge on any atom is 0.216 e. The van der Waals surface area contributed by atoms with Gasteiger partial charge in [-0.2, -0.15) is 0 Å². The Morgan fingerprint density at radius 2 is 1.67 bits per heavy atom. The van der Waals surface area contributed by atoms with Crippen molar-refractivity contribution >= 4 is 36.4 Å². The van der Waals surface area contributed by atoms with Crippen LogP contribution in [-0.2, 0) is 9.84 Å². The molecule has 0 bridgehead atoms. The molecule has 118 valence electrons. The van der Waals surface area contributed by atoms with Gasteiger partial charge in [-0.15, -0.1) is 0 Å². The molecule has 1 heterocycles. The first-order valence-corrected chi connectivity index (χ1v) is 15.7. The summed E-state index contributed by atoms with van der Waals surface area (Å²) in [4.78, 5) is 0.401. The van der Waals surface area contributed by atoms with Gasteiger partial charge in [0.2, 0.25) is 9.84 Å². The number of ether oxygens (including phenoxy) is 2. The quantitative estimate of drug-likeness (QED) is 0.786. The van der Waals surface area contributed by atoms with Crippen molar-refractivity contribution < 1.29 is 17.9 Å². The van der Waals surface area contributed by atoms with Gasteiger partial charge in [0.15, 0.2) is 5.94 Å². The third-order valence-electron chi connectivity index (χ3n) is 3.65. The molecule has 0 aromatic heterocycles. The van der Waals surface area contributed by atoms with Gasteiger partial charge in [-0.3, -0.25) is 0 Å². The summed E-state index contributed by atoms with van der Waals surface area (Å²) in [6.45, 7) is 13.0. The van der Waals surface area contributed by atoms with Crippen LogP contribution in [0.3, 0.4) is 0 Å². The van der Waals surface area contributed by atoms with Crippen LogP contribution in [0.5, 0.6) is 11.5 Å². The van der Waals surface area contributed by atoms with E-state index in [9.17, 15) is 8.42 Å². The summed E-state index contributed by atoms with van der Waals surface area (Å²) >= 11 is 0. The third kappa shape index (κ3) is 2.78. The fourth-order valence-corrected chi connectivity index (χ4v) is 8.56. The fourth-order valence-electron chi connectivity index (χ4n) is 2.68. The molecule has 0 fully saturated rings. The predicted octanol–water partition coefficient (Wildman–Crippen LogP) is 1.91. The third-order valence-corrected chi connectivity index (χ3v) is 9.25. The highest BCUT2D eigenvalue weighted by atomic mass is 32.2. The smallest absolute Gasteiger partial charge is 0.216 e. The van der Waals surface area contributed by atoms with E-state index in [4.69, 9.17) is 9.47 Å². The molecule has 0 saturated carbocycles. The predicted molar refractivity (Wildman–Crippen MR) is 91.6 cm³/mol. The molecule has 0 atom stereocenters. The van der Waals surface area contributed by atoms with Crippen LogP contribution in [0.25, 0.3) is 0 Å². The maximum atomic E-state index is 12.5. The lowest BCUT2D eigenvalue weighted by Gasteiger charge is -2.27. The van der Waals surface area contributed by atoms with Crippen molar-refractivity contribution in [3.63, 3.8) is 0 Å². The number of hydrogen-bond acceptors (Lipinski definition) is 4. The van der Waals surface area contributed by atoms with Gasteiger partial charge in [0.1, 0.15) is 16.4 Å². The Morgan fingerprint density at radius 3 is 2.10 bits per heavy atom. The van der Waals surface area contributed by atoms with E-state index < -0.39 is 26.0 Å². The summed E-state index contributed by atoms with van der Waals surface area (Å²) in [6.07, 6.45) is 0. The van der Waals surface area contributed by atoms with Crippen molar-refractivity contribution in [2.75, 3.05) is 13.0 Å². The number of fused-ring (bicyclic) bond motifs is 1. The van der Waals surface area contributed by atoms with E-state index in [0.29, 0.717) is 16.4 Å². The first kappa shape index (κ1) is 16.6. The summed E-state index contributed by atoms with van der Waals surface area (Å²) < 4.78 is 36.2. The van der Waals surface area contributed by atoms with Crippen molar-refractivity contribution in [2.24, 2.45) is 0 Å². The number of rotatable bonds is 3. The maximum absolute atomic E-state index is 12.5. The molecule has 1 aliphatic rings. The highest BCUT2D eigenvalue weighted by Crippen LogP contribution is 2.35. The Kier molecular flexibility index (Phi) is 3.83. The van der Waals surface area contributed by atoms with Gasteiger partial charge in [0.05, 0.1) is 23.3 Å². The molecule has 0 aliphatic carbocycles. The summed E-state index contributed by atoms with van der Waals surface area (Å²) in [5.41, 5.74) is 0. The molecular weight excluding hydrogens is 320 g/mol. The summed E-state index contributed by atoms with van der Waals surface area (Å²) in [6, 6.07) is 2.01. The normalized spacial score (nSPS) is 17.3. The second-order valence-corrected chi connectivity index (χ2v) is 19.4. The van der Waals surface area contributed by atoms with Crippen LogP contribution in [0.15, 0.2) is 11.0 Å². The van der Waals surface area contributed by atoms with E-state index in [1.54, 1.807) is 7.11 Å². The van der Waals surface area contributed by atoms with Crippen molar-refractivity contribution in [3.05, 3.63) is 6.07 Å². The molecule has 0 unspecified atom stereocenters. The lowest BCUT2D eigenvalue weighted by Crippen LogP contribution is -2.45. The van der Waals surface area contributed by atoms with Gasteiger partial charge in [0, 0.05) is 5.19 Å². The zero-order valence-electron chi connectivity index (χ0n) is 13.8. The SMILES string of the molecule is COc1cc([Si](C)(C)C)c2c(c1[Si](C)(C)C)S(=O)(=O)CO2. The molecule has 4 nitrogen and oxygen atoms in total. The molecule has 1 aliphatic heterocycles. The minimum absolute atomic E-state index is 0.246. The van der Waals surface area contributed by atoms with Crippen LogP contribution < -0.4 is 19.8 Å². The largest absolute Gasteiger partial charge is 0.497 e. The van der Waals surface area contributed by atoms with E-state index in [0.717, 1.165) is 10.4 Å². The van der Waals surface area contributed by atoms with Crippen molar-refractivity contribution in [3.8, 4) is 11.5 Å².